The van der Waals surface area contributed by atoms with E-state index in [1.54, 1.807) is 0 Å². The molecule has 3 atom stereocenters. The molecule has 1 aliphatic heterocycles. The van der Waals surface area contributed by atoms with Crippen molar-refractivity contribution in [2.24, 2.45) is 5.73 Å². The summed E-state index contributed by atoms with van der Waals surface area (Å²) in [5, 5.41) is 17.8. The summed E-state index contributed by atoms with van der Waals surface area (Å²) >= 11 is 0. The minimum absolute atomic E-state index is 0.231. The summed E-state index contributed by atoms with van der Waals surface area (Å²) in [5.41, 5.74) is 5.17. The Hall–Kier alpha value is -0.160. The third-order valence-corrected chi connectivity index (χ3v) is 1.36. The van der Waals surface area contributed by atoms with Gasteiger partial charge in [-0.05, 0) is 0 Å². The van der Waals surface area contributed by atoms with Crippen molar-refractivity contribution in [3.05, 3.63) is 6.61 Å². The van der Waals surface area contributed by atoms with Crippen LogP contribution in [0.5, 0.6) is 0 Å². The quantitative estimate of drug-likeness (QED) is 0.394. The number of ether oxygens (including phenoxy) is 1. The highest BCUT2D eigenvalue weighted by Crippen LogP contribution is 2.15. The molecule has 0 amide bonds. The molecule has 0 aliphatic carbocycles. The van der Waals surface area contributed by atoms with Crippen molar-refractivity contribution in [1.82, 2.24) is 0 Å². The zero-order valence-electron chi connectivity index (χ0n) is 4.90. The van der Waals surface area contributed by atoms with Crippen LogP contribution < -0.4 is 5.73 Å². The first-order chi connectivity index (χ1) is 4.25. The van der Waals surface area contributed by atoms with Gasteiger partial charge < -0.3 is 20.7 Å². The van der Waals surface area contributed by atoms with Gasteiger partial charge in [-0.3, -0.25) is 0 Å². The summed E-state index contributed by atoms with van der Waals surface area (Å²) in [5.74, 6) is 0. The van der Waals surface area contributed by atoms with Gasteiger partial charge >= 0.3 is 0 Å². The maximum absolute atomic E-state index is 8.97. The maximum Gasteiger partial charge on any atom is 0.115 e. The zero-order chi connectivity index (χ0) is 6.85. The van der Waals surface area contributed by atoms with Crippen LogP contribution in [0.3, 0.4) is 0 Å². The number of nitrogens with two attached hydrogens (primary N) is 1. The fraction of sp³-hybridized carbons (Fsp3) is 0.800. The molecule has 9 heavy (non-hydrogen) atoms. The number of rotatable bonds is 1. The van der Waals surface area contributed by atoms with Gasteiger partial charge in [-0.1, -0.05) is 0 Å². The maximum atomic E-state index is 8.97. The first-order valence-corrected chi connectivity index (χ1v) is 2.80. The van der Waals surface area contributed by atoms with E-state index in [4.69, 9.17) is 20.7 Å². The Morgan fingerprint density at radius 3 is 2.44 bits per heavy atom. The number of aliphatic hydroxyl groups excluding tert-OH is 2. The van der Waals surface area contributed by atoms with E-state index < -0.39 is 18.3 Å². The number of hydrogen-bond acceptors (Lipinski definition) is 4. The van der Waals surface area contributed by atoms with Gasteiger partial charge in [0.15, 0.2) is 0 Å². The molecule has 0 aromatic carbocycles. The van der Waals surface area contributed by atoms with Gasteiger partial charge in [-0.2, -0.15) is 0 Å². The lowest BCUT2D eigenvalue weighted by Crippen LogP contribution is -2.34. The van der Waals surface area contributed by atoms with Crippen LogP contribution in [0.1, 0.15) is 0 Å². The van der Waals surface area contributed by atoms with Gasteiger partial charge in [-0.25, -0.2) is 0 Å². The fourth-order valence-electron chi connectivity index (χ4n) is 0.757. The molecule has 1 rings (SSSR count). The highest BCUT2D eigenvalue weighted by molar-refractivity contribution is 4.90. The molecule has 1 aliphatic rings. The standard InChI is InChI=1S/C5H10NO3/c6-1-4-5(8)3(7)2-9-4/h2-5,7-8H,1,6H2/t3-,4+,5+/m0/s1. The molecule has 0 aromatic rings. The lowest BCUT2D eigenvalue weighted by molar-refractivity contribution is 0.0277. The zero-order valence-corrected chi connectivity index (χ0v) is 4.90. The van der Waals surface area contributed by atoms with Crippen molar-refractivity contribution in [2.45, 2.75) is 18.3 Å². The van der Waals surface area contributed by atoms with Crippen LogP contribution in [0.4, 0.5) is 0 Å². The summed E-state index contributed by atoms with van der Waals surface area (Å²) in [7, 11) is 0. The third kappa shape index (κ3) is 1.21. The highest BCUT2D eigenvalue weighted by Gasteiger charge is 2.33. The van der Waals surface area contributed by atoms with Crippen LogP contribution in [-0.4, -0.2) is 35.1 Å². The van der Waals surface area contributed by atoms with Crippen molar-refractivity contribution in [3.63, 3.8) is 0 Å². The Labute approximate surface area is 53.2 Å². The first kappa shape index (κ1) is 6.95. The Morgan fingerprint density at radius 2 is 2.22 bits per heavy atom. The van der Waals surface area contributed by atoms with Crippen LogP contribution in [0.25, 0.3) is 0 Å². The third-order valence-electron chi connectivity index (χ3n) is 1.36. The molecule has 0 saturated carbocycles. The Morgan fingerprint density at radius 1 is 1.56 bits per heavy atom. The summed E-state index contributed by atoms with van der Waals surface area (Å²) in [6.45, 7) is 1.43. The Bertz CT molecular complexity index is 98.2. The predicted octanol–water partition coefficient (Wildman–Crippen LogP) is -1.77. The molecule has 1 fully saturated rings. The second kappa shape index (κ2) is 2.62. The molecule has 1 saturated heterocycles. The topological polar surface area (TPSA) is 75.7 Å². The largest absolute Gasteiger partial charge is 0.388 e. The normalized spacial score (nSPS) is 43.7. The van der Waals surface area contributed by atoms with E-state index in [1.165, 1.54) is 6.61 Å². The van der Waals surface area contributed by atoms with E-state index in [9.17, 15) is 0 Å². The summed E-state index contributed by atoms with van der Waals surface area (Å²) in [4.78, 5) is 0. The Kier molecular flexibility index (Phi) is 2.02. The molecule has 0 bridgehead atoms. The van der Waals surface area contributed by atoms with Crippen LogP contribution in [0.15, 0.2) is 0 Å². The molecule has 1 heterocycles. The molecule has 0 aromatic heterocycles. The van der Waals surface area contributed by atoms with Crippen LogP contribution in [0.2, 0.25) is 0 Å². The smallest absolute Gasteiger partial charge is 0.115 e. The van der Waals surface area contributed by atoms with Crippen LogP contribution in [0, 0.1) is 6.61 Å². The first-order valence-electron chi connectivity index (χ1n) is 2.80. The minimum Gasteiger partial charge on any atom is -0.388 e. The average Bonchev–Trinajstić information content (AvgIpc) is 2.15. The van der Waals surface area contributed by atoms with Gasteiger partial charge in [0.25, 0.3) is 0 Å². The molecule has 4 N–H and O–H groups in total. The van der Waals surface area contributed by atoms with E-state index in [1.807, 2.05) is 0 Å². The minimum atomic E-state index is -0.876. The summed E-state index contributed by atoms with van der Waals surface area (Å²) in [6, 6.07) is 0. The van der Waals surface area contributed by atoms with Gasteiger partial charge in [0.2, 0.25) is 0 Å². The summed E-state index contributed by atoms with van der Waals surface area (Å²) in [6.07, 6.45) is -2.16. The van der Waals surface area contributed by atoms with Crippen molar-refractivity contribution >= 4 is 0 Å². The number of aliphatic hydroxyl groups is 2. The molecule has 0 spiro atoms. The van der Waals surface area contributed by atoms with Gasteiger partial charge in [0, 0.05) is 6.54 Å². The molecule has 0 unspecified atom stereocenters. The molecule has 4 nitrogen and oxygen atoms in total. The predicted molar refractivity (Wildman–Crippen MR) is 30.2 cm³/mol. The van der Waals surface area contributed by atoms with E-state index >= 15 is 0 Å². The molecule has 4 heteroatoms. The van der Waals surface area contributed by atoms with E-state index in [2.05, 4.69) is 0 Å². The monoisotopic (exact) mass is 132 g/mol. The van der Waals surface area contributed by atoms with Crippen molar-refractivity contribution < 1.29 is 14.9 Å². The van der Waals surface area contributed by atoms with Gasteiger partial charge in [0.05, 0.1) is 6.10 Å². The van der Waals surface area contributed by atoms with Crippen LogP contribution >= 0.6 is 0 Å². The highest BCUT2D eigenvalue weighted by atomic mass is 16.5. The van der Waals surface area contributed by atoms with Gasteiger partial charge in [-0.15, -0.1) is 0 Å². The average molecular weight is 132 g/mol. The molecule has 1 radical (unpaired) electrons. The Balaban J connectivity index is 2.41. The molecule has 53 valence electrons. The molecular weight excluding hydrogens is 122 g/mol. The molecular formula is C5H10NO3. The van der Waals surface area contributed by atoms with Crippen molar-refractivity contribution in [3.8, 4) is 0 Å². The second-order valence-corrected chi connectivity index (χ2v) is 2.03. The fourth-order valence-corrected chi connectivity index (χ4v) is 0.757. The van der Waals surface area contributed by atoms with Crippen LogP contribution in [-0.2, 0) is 4.74 Å². The van der Waals surface area contributed by atoms with E-state index in [-0.39, 0.29) is 6.54 Å². The van der Waals surface area contributed by atoms with Gasteiger partial charge in [0.1, 0.15) is 18.8 Å². The lowest BCUT2D eigenvalue weighted by Gasteiger charge is -2.10. The van der Waals surface area contributed by atoms with E-state index in [0.29, 0.717) is 0 Å². The SMILES string of the molecule is NC[C@H]1O[CH][C@H](O)[C@H]1O. The lowest BCUT2D eigenvalue weighted by atomic mass is 10.1. The second-order valence-electron chi connectivity index (χ2n) is 2.03. The summed E-state index contributed by atoms with van der Waals surface area (Å²) < 4.78 is 4.78. The number of hydrogen-bond donors (Lipinski definition) is 3. The van der Waals surface area contributed by atoms with Crippen molar-refractivity contribution in [2.75, 3.05) is 6.54 Å². The van der Waals surface area contributed by atoms with E-state index in [0.717, 1.165) is 0 Å². The van der Waals surface area contributed by atoms with Crippen molar-refractivity contribution in [1.29, 1.82) is 0 Å².